The van der Waals surface area contributed by atoms with E-state index in [1.165, 1.54) is 0 Å². The van der Waals surface area contributed by atoms with E-state index in [-0.39, 0.29) is 23.0 Å². The molecule has 2 aromatic rings. The highest BCUT2D eigenvalue weighted by atomic mass is 35.5. The number of aliphatic hydroxyl groups is 1. The summed E-state index contributed by atoms with van der Waals surface area (Å²) in [5.41, 5.74) is 0.0859. The molecule has 2 aliphatic rings. The van der Waals surface area contributed by atoms with Crippen LogP contribution in [0.15, 0.2) is 18.3 Å². The fourth-order valence-corrected chi connectivity index (χ4v) is 3.98. The molecule has 2 aliphatic heterocycles. The van der Waals surface area contributed by atoms with Crippen molar-refractivity contribution in [2.75, 3.05) is 23.3 Å². The first-order valence-electron chi connectivity index (χ1n) is 8.76. The Balaban J connectivity index is 1.57. The molecule has 0 aliphatic carbocycles. The van der Waals surface area contributed by atoms with Crippen molar-refractivity contribution in [3.63, 3.8) is 0 Å². The van der Waals surface area contributed by atoms with Crippen LogP contribution in [0.3, 0.4) is 0 Å². The number of pyridine rings is 1. The van der Waals surface area contributed by atoms with Gasteiger partial charge in [-0.2, -0.15) is 18.3 Å². The normalized spacial score (nSPS) is 23.5. The molecule has 1 fully saturated rings. The molecule has 3 N–H and O–H groups in total. The zero-order chi connectivity index (χ0) is 20.1. The summed E-state index contributed by atoms with van der Waals surface area (Å²) in [7, 11) is 0. The number of rotatable bonds is 2. The predicted octanol–water partition coefficient (Wildman–Crippen LogP) is 2.80. The van der Waals surface area contributed by atoms with Gasteiger partial charge in [-0.05, 0) is 25.0 Å². The summed E-state index contributed by atoms with van der Waals surface area (Å²) in [6, 6.07) is 3.53. The molecule has 0 bridgehead atoms. The Morgan fingerprint density at radius 3 is 2.57 bits per heavy atom. The number of carbonyl (C=O) groups excluding carboxylic acids is 1. The van der Waals surface area contributed by atoms with Gasteiger partial charge in [0.2, 0.25) is 0 Å². The molecule has 7 nitrogen and oxygen atoms in total. The second-order valence-corrected chi connectivity index (χ2v) is 7.38. The lowest BCUT2D eigenvalue weighted by atomic mass is 9.83. The van der Waals surface area contributed by atoms with Crippen LogP contribution >= 0.6 is 11.6 Å². The number of H-pyrrole nitrogens is 1. The van der Waals surface area contributed by atoms with Gasteiger partial charge in [0.05, 0.1) is 10.7 Å². The number of alkyl halides is 3. The van der Waals surface area contributed by atoms with E-state index >= 15 is 0 Å². The minimum absolute atomic E-state index is 0.0885. The van der Waals surface area contributed by atoms with Gasteiger partial charge in [-0.1, -0.05) is 11.6 Å². The summed E-state index contributed by atoms with van der Waals surface area (Å²) in [6.07, 6.45) is -4.28. The standard InChI is InChI=1S/C17H17ClF3N5O2/c18-9-1-2-10(22-7-9)26-5-3-8(4-6-26)13-11-12(17(19,20)21)14(27)16(28)23-15(11)25-24-13/h1-2,7-8,12,14,27H,3-6H2,(H2,23,24,25,28). The van der Waals surface area contributed by atoms with E-state index < -0.39 is 24.1 Å². The van der Waals surface area contributed by atoms with Crippen molar-refractivity contribution in [1.82, 2.24) is 15.2 Å². The van der Waals surface area contributed by atoms with Gasteiger partial charge in [0, 0.05) is 30.8 Å². The molecule has 150 valence electrons. The number of aromatic nitrogens is 3. The monoisotopic (exact) mass is 415 g/mol. The fourth-order valence-electron chi connectivity index (χ4n) is 3.87. The summed E-state index contributed by atoms with van der Waals surface area (Å²) in [5.74, 6) is -2.94. The van der Waals surface area contributed by atoms with Crippen LogP contribution in [-0.2, 0) is 4.79 Å². The molecular formula is C17H17ClF3N5O2. The van der Waals surface area contributed by atoms with Gasteiger partial charge < -0.3 is 15.3 Å². The number of hydrogen-bond acceptors (Lipinski definition) is 5. The summed E-state index contributed by atoms with van der Waals surface area (Å²) in [5, 5.41) is 19.2. The number of anilines is 2. The first-order chi connectivity index (χ1) is 13.3. The number of piperidine rings is 1. The Hall–Kier alpha value is -2.33. The van der Waals surface area contributed by atoms with Gasteiger partial charge in [0.15, 0.2) is 0 Å². The largest absolute Gasteiger partial charge is 0.398 e. The third-order valence-corrected chi connectivity index (χ3v) is 5.47. The lowest BCUT2D eigenvalue weighted by molar-refractivity contribution is -0.177. The molecule has 1 saturated heterocycles. The van der Waals surface area contributed by atoms with E-state index in [0.717, 1.165) is 5.82 Å². The Kier molecular flexibility index (Phi) is 4.70. The Morgan fingerprint density at radius 1 is 1.25 bits per heavy atom. The Bertz CT molecular complexity index is 878. The van der Waals surface area contributed by atoms with Gasteiger partial charge in [0.25, 0.3) is 5.91 Å². The van der Waals surface area contributed by atoms with E-state index in [4.69, 9.17) is 11.6 Å². The molecular weight excluding hydrogens is 399 g/mol. The molecule has 11 heteroatoms. The average Bonchev–Trinajstić information content (AvgIpc) is 3.05. The predicted molar refractivity (Wildman–Crippen MR) is 95.5 cm³/mol. The van der Waals surface area contributed by atoms with Gasteiger partial charge in [-0.3, -0.25) is 9.89 Å². The van der Waals surface area contributed by atoms with Crippen LogP contribution in [0.25, 0.3) is 0 Å². The summed E-state index contributed by atoms with van der Waals surface area (Å²) >= 11 is 5.85. The second-order valence-electron chi connectivity index (χ2n) is 6.95. The van der Waals surface area contributed by atoms with Crippen LogP contribution in [-0.4, -0.2) is 51.6 Å². The fraction of sp³-hybridized carbons (Fsp3) is 0.471. The van der Waals surface area contributed by atoms with Gasteiger partial charge in [-0.25, -0.2) is 4.98 Å². The number of aromatic amines is 1. The number of hydrogen-bond donors (Lipinski definition) is 3. The van der Waals surface area contributed by atoms with E-state index in [9.17, 15) is 23.1 Å². The number of aliphatic hydroxyl groups excluding tert-OH is 1. The average molecular weight is 416 g/mol. The highest BCUT2D eigenvalue weighted by molar-refractivity contribution is 6.30. The minimum Gasteiger partial charge on any atom is -0.382 e. The molecule has 4 rings (SSSR count). The van der Waals surface area contributed by atoms with Crippen molar-refractivity contribution < 1.29 is 23.1 Å². The van der Waals surface area contributed by atoms with E-state index in [2.05, 4.69) is 20.5 Å². The zero-order valence-corrected chi connectivity index (χ0v) is 15.3. The Labute approximate surface area is 162 Å². The maximum absolute atomic E-state index is 13.6. The highest BCUT2D eigenvalue weighted by Gasteiger charge is 2.53. The summed E-state index contributed by atoms with van der Waals surface area (Å²) < 4.78 is 40.7. The van der Waals surface area contributed by atoms with E-state index in [1.807, 2.05) is 4.90 Å². The first kappa shape index (κ1) is 19.0. The topological polar surface area (TPSA) is 94.1 Å². The number of halogens is 4. The molecule has 2 atom stereocenters. The van der Waals surface area contributed by atoms with Crippen LogP contribution in [0, 0.1) is 0 Å². The van der Waals surface area contributed by atoms with Crippen molar-refractivity contribution in [2.45, 2.75) is 37.0 Å². The third kappa shape index (κ3) is 3.30. The number of carbonyl (C=O) groups is 1. The smallest absolute Gasteiger partial charge is 0.382 e. The number of fused-ring (bicyclic) bond motifs is 1. The molecule has 0 saturated carbocycles. The zero-order valence-electron chi connectivity index (χ0n) is 14.5. The molecule has 2 aromatic heterocycles. The van der Waals surface area contributed by atoms with Crippen LogP contribution in [0.1, 0.15) is 35.9 Å². The molecule has 1 amide bonds. The number of nitrogens with one attached hydrogen (secondary N) is 2. The lowest BCUT2D eigenvalue weighted by Crippen LogP contribution is -2.44. The van der Waals surface area contributed by atoms with Gasteiger partial charge in [-0.15, -0.1) is 0 Å². The van der Waals surface area contributed by atoms with E-state index in [1.54, 1.807) is 18.3 Å². The Morgan fingerprint density at radius 2 is 1.96 bits per heavy atom. The summed E-state index contributed by atoms with van der Waals surface area (Å²) in [6.45, 7) is 1.18. The quantitative estimate of drug-likeness (QED) is 0.701. The number of amides is 1. The highest BCUT2D eigenvalue weighted by Crippen LogP contribution is 2.47. The van der Waals surface area contributed by atoms with Crippen molar-refractivity contribution in [3.8, 4) is 0 Å². The summed E-state index contributed by atoms with van der Waals surface area (Å²) in [4.78, 5) is 18.0. The second kappa shape index (κ2) is 6.93. The molecule has 0 aromatic carbocycles. The van der Waals surface area contributed by atoms with Crippen LogP contribution in [0.2, 0.25) is 5.02 Å². The molecule has 2 unspecified atom stereocenters. The van der Waals surface area contributed by atoms with Crippen molar-refractivity contribution in [3.05, 3.63) is 34.6 Å². The number of nitrogens with zero attached hydrogens (tertiary/aromatic N) is 3. The first-order valence-corrected chi connectivity index (χ1v) is 9.14. The third-order valence-electron chi connectivity index (χ3n) is 5.25. The van der Waals surface area contributed by atoms with Crippen LogP contribution in [0.5, 0.6) is 0 Å². The molecule has 0 radical (unpaired) electrons. The maximum atomic E-state index is 13.6. The molecule has 28 heavy (non-hydrogen) atoms. The maximum Gasteiger partial charge on any atom is 0.398 e. The van der Waals surface area contributed by atoms with Gasteiger partial charge in [0.1, 0.15) is 23.7 Å². The minimum atomic E-state index is -4.77. The van der Waals surface area contributed by atoms with Crippen molar-refractivity contribution in [1.29, 1.82) is 0 Å². The lowest BCUT2D eigenvalue weighted by Gasteiger charge is -2.34. The van der Waals surface area contributed by atoms with Gasteiger partial charge >= 0.3 is 6.18 Å². The SMILES string of the molecule is O=C1Nc2[nH]nc(C3CCN(c4ccc(Cl)cn4)CC3)c2C(C(F)(F)F)C1O. The molecule has 4 heterocycles. The van der Waals surface area contributed by atoms with Crippen LogP contribution in [0.4, 0.5) is 24.8 Å². The van der Waals surface area contributed by atoms with E-state index in [0.29, 0.717) is 31.0 Å². The van der Waals surface area contributed by atoms with Crippen molar-refractivity contribution >= 4 is 29.1 Å². The van der Waals surface area contributed by atoms with Crippen LogP contribution < -0.4 is 10.2 Å². The molecule has 0 spiro atoms. The van der Waals surface area contributed by atoms with Crippen molar-refractivity contribution in [2.24, 2.45) is 0 Å².